The van der Waals surface area contributed by atoms with Crippen LogP contribution in [-0.2, 0) is 17.7 Å². The van der Waals surface area contributed by atoms with Crippen LogP contribution in [0.25, 0.3) is 0 Å². The fourth-order valence-corrected chi connectivity index (χ4v) is 3.92. The second-order valence-corrected chi connectivity index (χ2v) is 7.67. The number of nitrogens with zero attached hydrogens (tertiary/aromatic N) is 3. The monoisotopic (exact) mass is 387 g/mol. The minimum absolute atomic E-state index is 0.223. The summed E-state index contributed by atoms with van der Waals surface area (Å²) in [5.41, 5.74) is 9.00. The Balaban J connectivity index is 1.42. The van der Waals surface area contributed by atoms with E-state index in [0.717, 1.165) is 32.4 Å². The Bertz CT molecular complexity index is 685. The first-order chi connectivity index (χ1) is 13.6. The lowest BCUT2D eigenvalue weighted by Crippen LogP contribution is -2.49. The van der Waals surface area contributed by atoms with E-state index < -0.39 is 0 Å². The molecule has 0 saturated carbocycles. The smallest absolute Gasteiger partial charge is 0.409 e. The van der Waals surface area contributed by atoms with Gasteiger partial charge < -0.3 is 20.7 Å². The van der Waals surface area contributed by atoms with Crippen LogP contribution in [0.5, 0.6) is 0 Å². The molecule has 7 heteroatoms. The maximum Gasteiger partial charge on any atom is 0.409 e. The molecule has 28 heavy (non-hydrogen) atoms. The first-order valence-corrected chi connectivity index (χ1v) is 10.4. The molecule has 2 aliphatic heterocycles. The molecule has 1 saturated heterocycles. The SMILES string of the molecule is CCOC(=O)N1CCC(NC(N)=NCC(C)N2CCc3ccccc3C2)CC1. The Labute approximate surface area is 167 Å². The van der Waals surface area contributed by atoms with Crippen molar-refractivity contribution in [1.82, 2.24) is 15.1 Å². The van der Waals surface area contributed by atoms with Crippen LogP contribution in [0.1, 0.15) is 37.8 Å². The average Bonchev–Trinajstić information content (AvgIpc) is 2.72. The first-order valence-electron chi connectivity index (χ1n) is 10.4. The number of nitrogens with two attached hydrogens (primary N) is 1. The summed E-state index contributed by atoms with van der Waals surface area (Å²) in [5.74, 6) is 0.499. The summed E-state index contributed by atoms with van der Waals surface area (Å²) < 4.78 is 5.06. The summed E-state index contributed by atoms with van der Waals surface area (Å²) in [6, 6.07) is 9.28. The quantitative estimate of drug-likeness (QED) is 0.596. The third-order valence-electron chi connectivity index (χ3n) is 5.68. The summed E-state index contributed by atoms with van der Waals surface area (Å²) in [5, 5.41) is 3.31. The molecular weight excluding hydrogens is 354 g/mol. The number of amides is 1. The van der Waals surface area contributed by atoms with Crippen molar-refractivity contribution in [3.05, 3.63) is 35.4 Å². The highest BCUT2D eigenvalue weighted by atomic mass is 16.6. The highest BCUT2D eigenvalue weighted by molar-refractivity contribution is 5.78. The Morgan fingerprint density at radius 3 is 2.71 bits per heavy atom. The number of fused-ring (bicyclic) bond motifs is 1. The van der Waals surface area contributed by atoms with Crippen molar-refractivity contribution in [2.75, 3.05) is 32.8 Å². The van der Waals surface area contributed by atoms with E-state index in [-0.39, 0.29) is 12.1 Å². The summed E-state index contributed by atoms with van der Waals surface area (Å²) in [6.07, 6.45) is 2.58. The van der Waals surface area contributed by atoms with E-state index in [2.05, 4.69) is 46.4 Å². The molecule has 7 nitrogen and oxygen atoms in total. The van der Waals surface area contributed by atoms with E-state index in [1.807, 2.05) is 6.92 Å². The van der Waals surface area contributed by atoms with Gasteiger partial charge in [-0.05, 0) is 44.2 Å². The zero-order valence-electron chi connectivity index (χ0n) is 17.1. The molecule has 0 aliphatic carbocycles. The van der Waals surface area contributed by atoms with Crippen molar-refractivity contribution in [2.45, 2.75) is 51.7 Å². The molecule has 1 fully saturated rings. The molecule has 0 bridgehead atoms. The number of hydrogen-bond donors (Lipinski definition) is 2. The standard InChI is InChI=1S/C21H33N5O2/c1-3-28-21(27)25-12-9-19(10-13-25)24-20(22)23-14-16(2)26-11-8-17-6-4-5-7-18(17)15-26/h4-7,16,19H,3,8-15H2,1-2H3,(H3,22,23,24). The molecule has 3 N–H and O–H groups in total. The fourth-order valence-electron chi connectivity index (χ4n) is 3.92. The van der Waals surface area contributed by atoms with Crippen LogP contribution >= 0.6 is 0 Å². The second kappa shape index (κ2) is 9.78. The van der Waals surface area contributed by atoms with Gasteiger partial charge in [0, 0.05) is 38.3 Å². The van der Waals surface area contributed by atoms with Gasteiger partial charge in [0.1, 0.15) is 0 Å². The molecule has 2 aliphatic rings. The van der Waals surface area contributed by atoms with Gasteiger partial charge >= 0.3 is 6.09 Å². The van der Waals surface area contributed by atoms with Crippen molar-refractivity contribution < 1.29 is 9.53 Å². The van der Waals surface area contributed by atoms with Gasteiger partial charge in [0.05, 0.1) is 13.2 Å². The van der Waals surface area contributed by atoms with Gasteiger partial charge in [0.15, 0.2) is 5.96 Å². The van der Waals surface area contributed by atoms with E-state index in [4.69, 9.17) is 10.5 Å². The average molecular weight is 388 g/mol. The van der Waals surface area contributed by atoms with Crippen LogP contribution in [0.2, 0.25) is 0 Å². The highest BCUT2D eigenvalue weighted by Gasteiger charge is 2.24. The van der Waals surface area contributed by atoms with Crippen LogP contribution in [0.3, 0.4) is 0 Å². The van der Waals surface area contributed by atoms with Gasteiger partial charge in [-0.2, -0.15) is 0 Å². The number of carbonyl (C=O) groups excluding carboxylic acids is 1. The molecule has 0 spiro atoms. The number of guanidine groups is 1. The number of likely N-dealkylation sites (tertiary alicyclic amines) is 1. The molecule has 0 aromatic heterocycles. The molecule has 3 rings (SSSR count). The van der Waals surface area contributed by atoms with Crippen molar-refractivity contribution in [3.63, 3.8) is 0 Å². The number of benzene rings is 1. The minimum Gasteiger partial charge on any atom is -0.450 e. The molecule has 1 aromatic rings. The van der Waals surface area contributed by atoms with E-state index >= 15 is 0 Å². The van der Waals surface area contributed by atoms with Gasteiger partial charge in [-0.15, -0.1) is 0 Å². The molecule has 2 heterocycles. The maximum atomic E-state index is 11.8. The van der Waals surface area contributed by atoms with Crippen molar-refractivity contribution >= 4 is 12.1 Å². The Morgan fingerprint density at radius 2 is 2.00 bits per heavy atom. The summed E-state index contributed by atoms with van der Waals surface area (Å²) >= 11 is 0. The topological polar surface area (TPSA) is 83.2 Å². The van der Waals surface area contributed by atoms with E-state index in [9.17, 15) is 4.79 Å². The lowest BCUT2D eigenvalue weighted by molar-refractivity contribution is 0.0963. The molecule has 1 unspecified atom stereocenters. The van der Waals surface area contributed by atoms with Crippen LogP contribution in [0, 0.1) is 0 Å². The third-order valence-corrected chi connectivity index (χ3v) is 5.68. The molecule has 0 radical (unpaired) electrons. The zero-order chi connectivity index (χ0) is 19.9. The maximum absolute atomic E-state index is 11.8. The fraction of sp³-hybridized carbons (Fsp3) is 0.619. The molecule has 1 atom stereocenters. The molecule has 1 amide bonds. The van der Waals surface area contributed by atoms with Crippen molar-refractivity contribution in [3.8, 4) is 0 Å². The van der Waals surface area contributed by atoms with E-state index in [1.54, 1.807) is 4.90 Å². The molecular formula is C21H33N5O2. The zero-order valence-corrected chi connectivity index (χ0v) is 17.1. The van der Waals surface area contributed by atoms with Gasteiger partial charge in [0.25, 0.3) is 0 Å². The second-order valence-electron chi connectivity index (χ2n) is 7.67. The van der Waals surface area contributed by atoms with Crippen LogP contribution in [-0.4, -0.2) is 66.7 Å². The predicted octanol–water partition coefficient (Wildman–Crippen LogP) is 1.96. The molecule has 1 aromatic carbocycles. The van der Waals surface area contributed by atoms with Gasteiger partial charge in [-0.3, -0.25) is 9.89 Å². The summed E-state index contributed by atoms with van der Waals surface area (Å²) in [7, 11) is 0. The number of nitrogens with one attached hydrogen (secondary N) is 1. The normalized spacial score (nSPS) is 19.8. The van der Waals surface area contributed by atoms with Crippen molar-refractivity contribution in [2.24, 2.45) is 10.7 Å². The lowest BCUT2D eigenvalue weighted by Gasteiger charge is -2.33. The lowest BCUT2D eigenvalue weighted by atomic mass is 9.99. The third kappa shape index (κ3) is 5.38. The van der Waals surface area contributed by atoms with Gasteiger partial charge in [-0.1, -0.05) is 24.3 Å². The Morgan fingerprint density at radius 1 is 1.29 bits per heavy atom. The first kappa shape index (κ1) is 20.5. The minimum atomic E-state index is -0.223. The van der Waals surface area contributed by atoms with Crippen LogP contribution < -0.4 is 11.1 Å². The van der Waals surface area contributed by atoms with Crippen LogP contribution in [0.15, 0.2) is 29.3 Å². The number of hydrogen-bond acceptors (Lipinski definition) is 4. The molecule has 154 valence electrons. The number of ether oxygens (including phenoxy) is 1. The van der Waals surface area contributed by atoms with Crippen molar-refractivity contribution in [1.29, 1.82) is 0 Å². The number of carbonyl (C=O) groups is 1. The predicted molar refractivity (Wildman–Crippen MR) is 111 cm³/mol. The Hall–Kier alpha value is -2.28. The number of piperidine rings is 1. The number of rotatable bonds is 5. The van der Waals surface area contributed by atoms with Gasteiger partial charge in [0.2, 0.25) is 0 Å². The number of aliphatic imine (C=N–C) groups is 1. The Kier molecular flexibility index (Phi) is 7.14. The summed E-state index contributed by atoms with van der Waals surface area (Å²) in [6.45, 7) is 8.55. The van der Waals surface area contributed by atoms with Gasteiger partial charge in [-0.25, -0.2) is 4.79 Å². The largest absolute Gasteiger partial charge is 0.450 e. The van der Waals surface area contributed by atoms with E-state index in [1.165, 1.54) is 11.1 Å². The summed E-state index contributed by atoms with van der Waals surface area (Å²) in [4.78, 5) is 20.6. The van der Waals surface area contributed by atoms with Crippen LogP contribution in [0.4, 0.5) is 4.79 Å². The highest BCUT2D eigenvalue weighted by Crippen LogP contribution is 2.20. The van der Waals surface area contributed by atoms with E-state index in [0.29, 0.717) is 38.2 Å².